The van der Waals surface area contributed by atoms with Gasteiger partial charge in [0, 0.05) is 19.3 Å². The molecule has 0 saturated carbocycles. The van der Waals surface area contributed by atoms with Crippen molar-refractivity contribution in [2.45, 2.75) is 264 Å². The van der Waals surface area contributed by atoms with E-state index < -0.39 is 6.10 Å². The lowest BCUT2D eigenvalue weighted by Gasteiger charge is -2.18. The van der Waals surface area contributed by atoms with Crippen molar-refractivity contribution in [3.8, 4) is 0 Å². The predicted octanol–water partition coefficient (Wildman–Crippen LogP) is 17.8. The van der Waals surface area contributed by atoms with Crippen LogP contribution in [0.15, 0.2) is 72.9 Å². The third kappa shape index (κ3) is 49.9. The van der Waals surface area contributed by atoms with Gasteiger partial charge in [-0.1, -0.05) is 216 Å². The molecule has 0 aromatic carbocycles. The molecule has 0 fully saturated rings. The third-order valence-corrected chi connectivity index (χ3v) is 11.4. The molecule has 1 atom stereocenters. The van der Waals surface area contributed by atoms with Gasteiger partial charge in [0.05, 0.1) is 0 Å². The van der Waals surface area contributed by atoms with Gasteiger partial charge in [0.2, 0.25) is 0 Å². The monoisotopic (exact) mass is 893 g/mol. The van der Waals surface area contributed by atoms with Gasteiger partial charge in [-0.3, -0.25) is 14.4 Å². The molecule has 6 heteroatoms. The van der Waals surface area contributed by atoms with E-state index in [1.54, 1.807) is 0 Å². The van der Waals surface area contributed by atoms with Crippen LogP contribution in [0, 0.1) is 0 Å². The fraction of sp³-hybridized carbons (Fsp3) is 0.741. The van der Waals surface area contributed by atoms with Crippen molar-refractivity contribution < 1.29 is 28.6 Å². The fourth-order valence-corrected chi connectivity index (χ4v) is 7.34. The second-order valence-corrected chi connectivity index (χ2v) is 17.8. The number of hydrogen-bond acceptors (Lipinski definition) is 6. The van der Waals surface area contributed by atoms with Crippen LogP contribution in [0.4, 0.5) is 0 Å². The highest BCUT2D eigenvalue weighted by atomic mass is 16.6. The molecular formula is C58H100O6. The molecular weight excluding hydrogens is 793 g/mol. The molecule has 0 aromatic rings. The number of unbranched alkanes of at least 4 members (excludes halogenated alkanes) is 25. The largest absolute Gasteiger partial charge is 0.462 e. The summed E-state index contributed by atoms with van der Waals surface area (Å²) < 4.78 is 16.8. The first kappa shape index (κ1) is 60.9. The molecule has 64 heavy (non-hydrogen) atoms. The average molecular weight is 893 g/mol. The summed E-state index contributed by atoms with van der Waals surface area (Å²) in [7, 11) is 0. The Bertz CT molecular complexity index is 1210. The second kappa shape index (κ2) is 52.5. The van der Waals surface area contributed by atoms with Crippen molar-refractivity contribution in [2.24, 2.45) is 0 Å². The van der Waals surface area contributed by atoms with E-state index in [9.17, 15) is 14.4 Å². The van der Waals surface area contributed by atoms with Crippen LogP contribution in [-0.2, 0) is 28.6 Å². The zero-order valence-corrected chi connectivity index (χ0v) is 42.0. The first-order valence-corrected chi connectivity index (χ1v) is 26.9. The van der Waals surface area contributed by atoms with Crippen molar-refractivity contribution in [1.82, 2.24) is 0 Å². The first-order chi connectivity index (χ1) is 31.5. The van der Waals surface area contributed by atoms with E-state index in [0.717, 1.165) is 109 Å². The minimum Gasteiger partial charge on any atom is -0.462 e. The van der Waals surface area contributed by atoms with Gasteiger partial charge in [-0.25, -0.2) is 0 Å². The highest BCUT2D eigenvalue weighted by molar-refractivity contribution is 5.71. The molecule has 0 amide bonds. The maximum Gasteiger partial charge on any atom is 0.306 e. The van der Waals surface area contributed by atoms with E-state index in [4.69, 9.17) is 14.2 Å². The summed E-state index contributed by atoms with van der Waals surface area (Å²) >= 11 is 0. The molecule has 0 bridgehead atoms. The SMILES string of the molecule is CCCCC/C=C\C/C=C\C/C=C\CCCCCCC(=O)OC[C@H](COC(=O)CCCCCCCCCCCCCC)OC(=O)CCCCCC/C=C\C/C=C\C/C=C\CCCCC. The summed E-state index contributed by atoms with van der Waals surface area (Å²) in [5.41, 5.74) is 0. The van der Waals surface area contributed by atoms with Crippen LogP contribution in [0.1, 0.15) is 258 Å². The zero-order valence-electron chi connectivity index (χ0n) is 42.0. The number of rotatable bonds is 48. The molecule has 0 saturated heterocycles. The quantitative estimate of drug-likeness (QED) is 0.0262. The molecule has 0 unspecified atom stereocenters. The van der Waals surface area contributed by atoms with Crippen molar-refractivity contribution in [1.29, 1.82) is 0 Å². The standard InChI is InChI=1S/C58H100O6/c1-4-7-10-13-16-19-22-25-27-29-31-33-36-39-42-45-48-51-57(60)63-54-55(53-62-56(59)50-47-44-41-38-35-24-21-18-15-12-9-6-3)64-58(61)52-49-46-43-40-37-34-32-30-28-26-23-20-17-14-11-8-5-2/h16-17,19-20,25-28,31-34,55H,4-15,18,21-24,29-30,35-54H2,1-3H3/b19-16-,20-17-,27-25-,28-26-,33-31-,34-32-/t55-/m0/s1. The molecule has 0 aliphatic rings. The Kier molecular flexibility index (Phi) is 49.9. The maximum atomic E-state index is 12.8. The Morgan fingerprint density at radius 2 is 0.562 bits per heavy atom. The van der Waals surface area contributed by atoms with Gasteiger partial charge in [0.25, 0.3) is 0 Å². The molecule has 0 aliphatic heterocycles. The number of carbonyl (C=O) groups is 3. The van der Waals surface area contributed by atoms with Crippen molar-refractivity contribution in [2.75, 3.05) is 13.2 Å². The summed E-state index contributed by atoms with van der Waals surface area (Å²) in [4.78, 5) is 38.0. The second-order valence-electron chi connectivity index (χ2n) is 17.8. The van der Waals surface area contributed by atoms with Crippen LogP contribution in [0.5, 0.6) is 0 Å². The van der Waals surface area contributed by atoms with E-state index in [-0.39, 0.29) is 31.1 Å². The zero-order chi connectivity index (χ0) is 46.5. The summed E-state index contributed by atoms with van der Waals surface area (Å²) in [6, 6.07) is 0. The van der Waals surface area contributed by atoms with E-state index in [2.05, 4.69) is 93.7 Å². The summed E-state index contributed by atoms with van der Waals surface area (Å²) in [5, 5.41) is 0. The van der Waals surface area contributed by atoms with Gasteiger partial charge >= 0.3 is 17.9 Å². The number of ether oxygens (including phenoxy) is 3. The van der Waals surface area contributed by atoms with Crippen LogP contribution in [-0.4, -0.2) is 37.2 Å². The normalized spacial score (nSPS) is 12.6. The van der Waals surface area contributed by atoms with E-state index in [1.165, 1.54) is 109 Å². The average Bonchev–Trinajstić information content (AvgIpc) is 3.29. The highest BCUT2D eigenvalue weighted by Gasteiger charge is 2.19. The maximum absolute atomic E-state index is 12.8. The Morgan fingerprint density at radius 3 is 0.906 bits per heavy atom. The van der Waals surface area contributed by atoms with Crippen molar-refractivity contribution in [3.63, 3.8) is 0 Å². The Balaban J connectivity index is 4.46. The lowest BCUT2D eigenvalue weighted by atomic mass is 10.0. The fourth-order valence-electron chi connectivity index (χ4n) is 7.34. The van der Waals surface area contributed by atoms with Crippen molar-refractivity contribution >= 4 is 17.9 Å². The number of allylic oxidation sites excluding steroid dienone is 12. The Hall–Kier alpha value is -3.15. The summed E-state index contributed by atoms with van der Waals surface area (Å²) in [5.74, 6) is -0.931. The summed E-state index contributed by atoms with van der Waals surface area (Å²) in [6.45, 7) is 6.55. The lowest BCUT2D eigenvalue weighted by Crippen LogP contribution is -2.30. The van der Waals surface area contributed by atoms with Gasteiger partial charge in [0.1, 0.15) is 13.2 Å². The molecule has 0 N–H and O–H groups in total. The van der Waals surface area contributed by atoms with Crippen LogP contribution in [0.2, 0.25) is 0 Å². The molecule has 0 heterocycles. The number of hydrogen-bond donors (Lipinski definition) is 0. The van der Waals surface area contributed by atoms with E-state index >= 15 is 0 Å². The molecule has 0 rings (SSSR count). The molecule has 0 spiro atoms. The van der Waals surface area contributed by atoms with Gasteiger partial charge in [0.15, 0.2) is 6.10 Å². The van der Waals surface area contributed by atoms with E-state index in [1.807, 2.05) is 0 Å². The summed E-state index contributed by atoms with van der Waals surface area (Å²) in [6.07, 6.45) is 65.9. The van der Waals surface area contributed by atoms with Crippen LogP contribution >= 0.6 is 0 Å². The molecule has 0 radical (unpaired) electrons. The van der Waals surface area contributed by atoms with E-state index in [0.29, 0.717) is 19.3 Å². The Labute approximate surface area is 395 Å². The minimum atomic E-state index is -0.794. The smallest absolute Gasteiger partial charge is 0.306 e. The molecule has 0 aromatic heterocycles. The highest BCUT2D eigenvalue weighted by Crippen LogP contribution is 2.14. The number of carbonyl (C=O) groups excluding carboxylic acids is 3. The van der Waals surface area contributed by atoms with Gasteiger partial charge in [-0.05, 0) is 96.3 Å². The molecule has 0 aliphatic carbocycles. The van der Waals surface area contributed by atoms with Gasteiger partial charge in [-0.2, -0.15) is 0 Å². The lowest BCUT2D eigenvalue weighted by molar-refractivity contribution is -0.167. The topological polar surface area (TPSA) is 78.9 Å². The minimum absolute atomic E-state index is 0.0904. The predicted molar refractivity (Wildman–Crippen MR) is 274 cm³/mol. The van der Waals surface area contributed by atoms with Crippen LogP contribution in [0.3, 0.4) is 0 Å². The first-order valence-electron chi connectivity index (χ1n) is 26.9. The van der Waals surface area contributed by atoms with Crippen LogP contribution in [0.25, 0.3) is 0 Å². The Morgan fingerprint density at radius 1 is 0.312 bits per heavy atom. The molecule has 6 nitrogen and oxygen atoms in total. The van der Waals surface area contributed by atoms with Gasteiger partial charge < -0.3 is 14.2 Å². The third-order valence-electron chi connectivity index (χ3n) is 11.4. The molecule has 368 valence electrons. The van der Waals surface area contributed by atoms with Gasteiger partial charge in [-0.15, -0.1) is 0 Å². The van der Waals surface area contributed by atoms with Crippen molar-refractivity contribution in [3.05, 3.63) is 72.9 Å². The number of esters is 3. The van der Waals surface area contributed by atoms with Crippen LogP contribution < -0.4 is 0 Å².